The molecule has 0 bridgehead atoms. The number of furan rings is 2. The van der Waals surface area contributed by atoms with Crippen LogP contribution in [-0.2, 0) is 12.0 Å². The van der Waals surface area contributed by atoms with Gasteiger partial charge in [-0.25, -0.2) is 4.99 Å². The molecule has 0 aliphatic heterocycles. The minimum atomic E-state index is -1.08. The average Bonchev–Trinajstić information content (AvgIpc) is 3.19. The SMILES string of the molecule is CCCNC(=NCC(C)(O)c1cc(C)oc1C)NCCc1ccco1. The molecule has 0 fully saturated rings. The van der Waals surface area contributed by atoms with Gasteiger partial charge in [-0.3, -0.25) is 0 Å². The van der Waals surface area contributed by atoms with Gasteiger partial charge in [-0.05, 0) is 45.4 Å². The molecule has 1 unspecified atom stereocenters. The summed E-state index contributed by atoms with van der Waals surface area (Å²) < 4.78 is 10.9. The van der Waals surface area contributed by atoms with E-state index < -0.39 is 5.60 Å². The van der Waals surface area contributed by atoms with E-state index in [1.807, 2.05) is 32.0 Å². The highest BCUT2D eigenvalue weighted by Crippen LogP contribution is 2.27. The minimum absolute atomic E-state index is 0.243. The zero-order chi connectivity index (χ0) is 18.3. The van der Waals surface area contributed by atoms with E-state index in [0.29, 0.717) is 12.5 Å². The first kappa shape index (κ1) is 19.1. The fourth-order valence-corrected chi connectivity index (χ4v) is 2.66. The number of aliphatic imine (C=N–C) groups is 1. The van der Waals surface area contributed by atoms with Crippen LogP contribution in [0.2, 0.25) is 0 Å². The van der Waals surface area contributed by atoms with Gasteiger partial charge in [0.15, 0.2) is 5.96 Å². The van der Waals surface area contributed by atoms with Gasteiger partial charge in [-0.15, -0.1) is 0 Å². The predicted octanol–water partition coefficient (Wildman–Crippen LogP) is 2.88. The van der Waals surface area contributed by atoms with Gasteiger partial charge in [0.1, 0.15) is 22.9 Å². The second-order valence-corrected chi connectivity index (χ2v) is 6.45. The van der Waals surface area contributed by atoms with Gasteiger partial charge in [-0.1, -0.05) is 6.92 Å². The fourth-order valence-electron chi connectivity index (χ4n) is 2.66. The van der Waals surface area contributed by atoms with Gasteiger partial charge in [0.05, 0.1) is 12.8 Å². The lowest BCUT2D eigenvalue weighted by atomic mass is 9.96. The molecule has 0 aliphatic carbocycles. The van der Waals surface area contributed by atoms with Crippen molar-refractivity contribution in [2.24, 2.45) is 4.99 Å². The number of hydrogen-bond donors (Lipinski definition) is 3. The summed E-state index contributed by atoms with van der Waals surface area (Å²) in [6.07, 6.45) is 3.44. The molecule has 0 saturated carbocycles. The molecule has 3 N–H and O–H groups in total. The van der Waals surface area contributed by atoms with E-state index in [2.05, 4.69) is 22.5 Å². The normalized spacial score (nSPS) is 14.4. The van der Waals surface area contributed by atoms with Crippen molar-refractivity contribution in [1.82, 2.24) is 10.6 Å². The van der Waals surface area contributed by atoms with Crippen LogP contribution in [0.15, 0.2) is 38.3 Å². The molecule has 1 atom stereocenters. The molecule has 6 nitrogen and oxygen atoms in total. The van der Waals surface area contributed by atoms with E-state index in [0.717, 1.165) is 42.2 Å². The van der Waals surface area contributed by atoms with E-state index in [4.69, 9.17) is 8.83 Å². The van der Waals surface area contributed by atoms with Crippen molar-refractivity contribution in [3.8, 4) is 0 Å². The second kappa shape index (κ2) is 8.76. The lowest BCUT2D eigenvalue weighted by molar-refractivity contribution is 0.0657. The third kappa shape index (κ3) is 5.67. The van der Waals surface area contributed by atoms with Crippen molar-refractivity contribution in [3.63, 3.8) is 0 Å². The Bertz CT molecular complexity index is 672. The highest BCUT2D eigenvalue weighted by molar-refractivity contribution is 5.79. The maximum absolute atomic E-state index is 10.8. The molecule has 25 heavy (non-hydrogen) atoms. The lowest BCUT2D eigenvalue weighted by Gasteiger charge is -2.21. The second-order valence-electron chi connectivity index (χ2n) is 6.45. The first-order valence-corrected chi connectivity index (χ1v) is 8.77. The van der Waals surface area contributed by atoms with Gasteiger partial charge in [0, 0.05) is 25.1 Å². The topological polar surface area (TPSA) is 82.9 Å². The smallest absolute Gasteiger partial charge is 0.191 e. The third-order valence-corrected chi connectivity index (χ3v) is 3.95. The number of aliphatic hydroxyl groups is 1. The van der Waals surface area contributed by atoms with Crippen molar-refractivity contribution < 1.29 is 13.9 Å². The largest absolute Gasteiger partial charge is 0.469 e. The number of aryl methyl sites for hydroxylation is 2. The summed E-state index contributed by atoms with van der Waals surface area (Å²) in [7, 11) is 0. The van der Waals surface area contributed by atoms with Crippen LogP contribution < -0.4 is 10.6 Å². The van der Waals surface area contributed by atoms with E-state index in [-0.39, 0.29) is 6.54 Å². The van der Waals surface area contributed by atoms with Crippen LogP contribution >= 0.6 is 0 Å². The Morgan fingerprint density at radius 1 is 1.28 bits per heavy atom. The number of rotatable bonds is 8. The minimum Gasteiger partial charge on any atom is -0.469 e. The molecule has 2 aromatic rings. The monoisotopic (exact) mass is 347 g/mol. The Balaban J connectivity index is 1.98. The molecule has 0 amide bonds. The molecule has 138 valence electrons. The number of guanidine groups is 1. The number of nitrogens with zero attached hydrogens (tertiary/aromatic N) is 1. The summed E-state index contributed by atoms with van der Waals surface area (Å²) in [5.74, 6) is 3.13. The van der Waals surface area contributed by atoms with Crippen LogP contribution in [0.5, 0.6) is 0 Å². The van der Waals surface area contributed by atoms with Crippen LogP contribution in [0, 0.1) is 13.8 Å². The molecular weight excluding hydrogens is 318 g/mol. The molecule has 2 aromatic heterocycles. The van der Waals surface area contributed by atoms with Gasteiger partial charge in [0.2, 0.25) is 0 Å². The number of nitrogens with one attached hydrogen (secondary N) is 2. The zero-order valence-electron chi connectivity index (χ0n) is 15.6. The Morgan fingerprint density at radius 2 is 2.04 bits per heavy atom. The van der Waals surface area contributed by atoms with E-state index in [1.54, 1.807) is 13.2 Å². The van der Waals surface area contributed by atoms with Crippen LogP contribution in [0.4, 0.5) is 0 Å². The average molecular weight is 347 g/mol. The maximum atomic E-state index is 10.8. The van der Waals surface area contributed by atoms with Gasteiger partial charge in [0.25, 0.3) is 0 Å². The van der Waals surface area contributed by atoms with Crippen LogP contribution in [0.3, 0.4) is 0 Å². The van der Waals surface area contributed by atoms with Crippen molar-refractivity contribution in [1.29, 1.82) is 0 Å². The van der Waals surface area contributed by atoms with E-state index in [9.17, 15) is 5.11 Å². The highest BCUT2D eigenvalue weighted by atomic mass is 16.3. The Kier molecular flexibility index (Phi) is 6.70. The first-order valence-electron chi connectivity index (χ1n) is 8.77. The van der Waals surface area contributed by atoms with Gasteiger partial charge >= 0.3 is 0 Å². The molecule has 0 radical (unpaired) electrons. The first-order chi connectivity index (χ1) is 11.9. The Labute approximate surface area is 149 Å². The third-order valence-electron chi connectivity index (χ3n) is 3.95. The van der Waals surface area contributed by atoms with Crippen LogP contribution in [0.1, 0.15) is 43.1 Å². The van der Waals surface area contributed by atoms with E-state index >= 15 is 0 Å². The van der Waals surface area contributed by atoms with Gasteiger partial charge in [-0.2, -0.15) is 0 Å². The maximum Gasteiger partial charge on any atom is 0.191 e. The van der Waals surface area contributed by atoms with Crippen molar-refractivity contribution in [3.05, 3.63) is 47.3 Å². The van der Waals surface area contributed by atoms with E-state index in [1.165, 1.54) is 0 Å². The molecular formula is C19H29N3O3. The summed E-state index contributed by atoms with van der Waals surface area (Å²) >= 11 is 0. The molecule has 2 rings (SSSR count). The molecule has 2 heterocycles. The standard InChI is InChI=1S/C19H29N3O3/c1-5-9-20-18(21-10-8-16-7-6-11-24-16)22-13-19(4,23)17-12-14(2)25-15(17)3/h6-7,11-12,23H,5,8-10,13H2,1-4H3,(H2,20,21,22). The summed E-state index contributed by atoms with van der Waals surface area (Å²) in [5, 5.41) is 17.3. The summed E-state index contributed by atoms with van der Waals surface area (Å²) in [6, 6.07) is 5.70. The fraction of sp³-hybridized carbons (Fsp3) is 0.526. The quantitative estimate of drug-likeness (QED) is 0.505. The Hall–Kier alpha value is -2.21. The van der Waals surface area contributed by atoms with Gasteiger partial charge < -0.3 is 24.6 Å². The molecule has 6 heteroatoms. The van der Waals surface area contributed by atoms with Crippen LogP contribution in [0.25, 0.3) is 0 Å². The van der Waals surface area contributed by atoms with Crippen molar-refractivity contribution >= 4 is 5.96 Å². The summed E-state index contributed by atoms with van der Waals surface area (Å²) in [6.45, 7) is 9.36. The summed E-state index contributed by atoms with van der Waals surface area (Å²) in [4.78, 5) is 4.55. The molecule has 0 aromatic carbocycles. The molecule has 0 spiro atoms. The predicted molar refractivity (Wildman–Crippen MR) is 98.8 cm³/mol. The molecule has 0 aliphatic rings. The lowest BCUT2D eigenvalue weighted by Crippen LogP contribution is -2.40. The zero-order valence-corrected chi connectivity index (χ0v) is 15.6. The Morgan fingerprint density at radius 3 is 2.64 bits per heavy atom. The highest BCUT2D eigenvalue weighted by Gasteiger charge is 2.27. The van der Waals surface area contributed by atoms with Crippen molar-refractivity contribution in [2.75, 3.05) is 19.6 Å². The van der Waals surface area contributed by atoms with Crippen molar-refractivity contribution in [2.45, 2.75) is 46.1 Å². The molecule has 0 saturated heterocycles. The van der Waals surface area contributed by atoms with Crippen LogP contribution in [-0.4, -0.2) is 30.7 Å². The number of hydrogen-bond acceptors (Lipinski definition) is 4. The summed E-state index contributed by atoms with van der Waals surface area (Å²) in [5.41, 5.74) is -0.303.